The van der Waals surface area contributed by atoms with Crippen LogP contribution in [0.15, 0.2) is 41.0 Å². The first kappa shape index (κ1) is 16.9. The van der Waals surface area contributed by atoms with E-state index in [-0.39, 0.29) is 24.0 Å². The van der Waals surface area contributed by atoms with E-state index >= 15 is 0 Å². The molecule has 118 valence electrons. The Morgan fingerprint density at radius 3 is 2.64 bits per heavy atom. The Morgan fingerprint density at radius 2 is 2.00 bits per heavy atom. The molecule has 0 radical (unpaired) electrons. The van der Waals surface area contributed by atoms with Crippen LogP contribution in [-0.4, -0.2) is 47.0 Å². The first-order valence-corrected chi connectivity index (χ1v) is 7.80. The Kier molecular flexibility index (Phi) is 6.37. The molecule has 2 aromatic rings. The van der Waals surface area contributed by atoms with Gasteiger partial charge in [-0.1, -0.05) is 6.07 Å². The molecule has 0 spiro atoms. The summed E-state index contributed by atoms with van der Waals surface area (Å²) in [5, 5.41) is 3.09. The van der Waals surface area contributed by atoms with Gasteiger partial charge in [0.05, 0.1) is 12.2 Å². The summed E-state index contributed by atoms with van der Waals surface area (Å²) in [4.78, 5) is 17.4. The molecule has 2 N–H and O–H groups in total. The number of anilines is 1. The van der Waals surface area contributed by atoms with Gasteiger partial charge in [0.2, 0.25) is 0 Å². The monoisotopic (exact) mass is 430 g/mol. The number of halogens is 1. The molecule has 3 rings (SSSR count). The Hall–Kier alpha value is -1.42. The number of aromatic nitrogens is 2. The molecule has 2 aromatic heterocycles. The molecule has 0 aliphatic carbocycles. The van der Waals surface area contributed by atoms with E-state index in [0.717, 1.165) is 37.0 Å². The predicted molar refractivity (Wildman–Crippen MR) is 101 cm³/mol. The third-order valence-electron chi connectivity index (χ3n) is 3.42. The third-order valence-corrected chi connectivity index (χ3v) is 4.25. The zero-order chi connectivity index (χ0) is 14.5. The highest BCUT2D eigenvalue weighted by molar-refractivity contribution is 14.0. The van der Waals surface area contributed by atoms with Crippen LogP contribution >= 0.6 is 35.3 Å². The second-order valence-electron chi connectivity index (χ2n) is 4.78. The van der Waals surface area contributed by atoms with Crippen molar-refractivity contribution in [1.29, 1.82) is 0 Å². The Bertz CT molecular complexity index is 581. The summed E-state index contributed by atoms with van der Waals surface area (Å²) in [5.41, 5.74) is 7.01. The number of nitrogens with zero attached hydrogens (tertiary/aromatic N) is 5. The highest BCUT2D eigenvalue weighted by Gasteiger charge is 2.19. The first-order valence-electron chi connectivity index (χ1n) is 6.92. The molecule has 0 atom stereocenters. The van der Waals surface area contributed by atoms with Gasteiger partial charge in [-0.2, -0.15) is 0 Å². The van der Waals surface area contributed by atoms with Gasteiger partial charge in [-0.05, 0) is 12.1 Å². The van der Waals surface area contributed by atoms with Crippen LogP contribution in [0.25, 0.3) is 0 Å². The minimum Gasteiger partial charge on any atom is -0.370 e. The van der Waals surface area contributed by atoms with Gasteiger partial charge < -0.3 is 15.5 Å². The zero-order valence-corrected chi connectivity index (χ0v) is 15.3. The van der Waals surface area contributed by atoms with Crippen LogP contribution in [0, 0.1) is 0 Å². The molecular weight excluding hydrogens is 411 g/mol. The van der Waals surface area contributed by atoms with Crippen LogP contribution in [0.2, 0.25) is 0 Å². The number of pyridine rings is 1. The molecule has 3 heterocycles. The highest BCUT2D eigenvalue weighted by Crippen LogP contribution is 2.18. The van der Waals surface area contributed by atoms with Gasteiger partial charge in [-0.25, -0.2) is 9.98 Å². The molecule has 6 nitrogen and oxygen atoms in total. The number of thiazole rings is 1. The zero-order valence-electron chi connectivity index (χ0n) is 12.1. The fourth-order valence-corrected chi connectivity index (χ4v) is 2.95. The van der Waals surface area contributed by atoms with Crippen LogP contribution in [0.4, 0.5) is 5.13 Å². The lowest BCUT2D eigenvalue weighted by molar-refractivity contribution is 0.380. The topological polar surface area (TPSA) is 70.6 Å². The van der Waals surface area contributed by atoms with Crippen molar-refractivity contribution >= 4 is 46.4 Å². The number of guanidine groups is 1. The largest absolute Gasteiger partial charge is 0.370 e. The molecule has 0 amide bonds. The summed E-state index contributed by atoms with van der Waals surface area (Å²) < 4.78 is 0. The Morgan fingerprint density at radius 1 is 1.18 bits per heavy atom. The van der Waals surface area contributed by atoms with E-state index in [4.69, 9.17) is 5.73 Å². The van der Waals surface area contributed by atoms with Crippen molar-refractivity contribution in [2.24, 2.45) is 10.7 Å². The van der Waals surface area contributed by atoms with Crippen molar-refractivity contribution in [3.05, 3.63) is 41.7 Å². The van der Waals surface area contributed by atoms with Crippen LogP contribution < -0.4 is 10.6 Å². The summed E-state index contributed by atoms with van der Waals surface area (Å²) in [6.45, 7) is 4.12. The van der Waals surface area contributed by atoms with Gasteiger partial charge in [0.1, 0.15) is 0 Å². The van der Waals surface area contributed by atoms with E-state index in [0.29, 0.717) is 12.5 Å². The number of aliphatic imine (C=N–C) groups is 1. The van der Waals surface area contributed by atoms with E-state index in [1.807, 2.05) is 29.8 Å². The molecular formula is C14H19IN6S. The number of hydrogen-bond acceptors (Lipinski definition) is 5. The Balaban J connectivity index is 0.00000176. The third kappa shape index (κ3) is 4.29. The summed E-state index contributed by atoms with van der Waals surface area (Å²) in [7, 11) is 0. The van der Waals surface area contributed by atoms with Gasteiger partial charge >= 0.3 is 0 Å². The molecule has 0 unspecified atom stereocenters. The maximum absolute atomic E-state index is 6.08. The first-order chi connectivity index (χ1) is 10.3. The molecule has 1 fully saturated rings. The van der Waals surface area contributed by atoms with E-state index in [1.165, 1.54) is 0 Å². The van der Waals surface area contributed by atoms with Crippen molar-refractivity contribution in [3.8, 4) is 0 Å². The lowest BCUT2D eigenvalue weighted by Gasteiger charge is -2.35. The average molecular weight is 430 g/mol. The van der Waals surface area contributed by atoms with Gasteiger partial charge in [0, 0.05) is 44.0 Å². The van der Waals surface area contributed by atoms with Gasteiger partial charge in [-0.3, -0.25) is 4.98 Å². The van der Waals surface area contributed by atoms with E-state index in [1.54, 1.807) is 17.5 Å². The second-order valence-corrected chi connectivity index (χ2v) is 5.66. The van der Waals surface area contributed by atoms with Crippen molar-refractivity contribution < 1.29 is 0 Å². The quantitative estimate of drug-likeness (QED) is 0.457. The number of nitrogens with two attached hydrogens (primary N) is 1. The minimum absolute atomic E-state index is 0. The number of rotatable bonds is 3. The van der Waals surface area contributed by atoms with Gasteiger partial charge in [0.25, 0.3) is 0 Å². The number of hydrogen-bond donors (Lipinski definition) is 1. The Labute approximate surface area is 151 Å². The second kappa shape index (κ2) is 8.28. The predicted octanol–water partition coefficient (Wildman–Crippen LogP) is 1.79. The SMILES string of the molecule is I.NC(=NCc1ccccn1)N1CCN(c2nccs2)CC1. The van der Waals surface area contributed by atoms with Crippen molar-refractivity contribution in [2.75, 3.05) is 31.1 Å². The van der Waals surface area contributed by atoms with Gasteiger partial charge in [0.15, 0.2) is 11.1 Å². The summed E-state index contributed by atoms with van der Waals surface area (Å²) in [6.07, 6.45) is 3.61. The molecule has 1 aliphatic heterocycles. The lowest BCUT2D eigenvalue weighted by atomic mass is 10.3. The standard InChI is InChI=1S/C14H18N6S.HI/c15-13(18-11-12-3-1-2-4-16-12)19-6-8-20(9-7-19)14-17-5-10-21-14;/h1-5,10H,6-9,11H2,(H2,15,18);1H. The van der Waals surface area contributed by atoms with E-state index in [9.17, 15) is 0 Å². The fraction of sp³-hybridized carbons (Fsp3) is 0.357. The summed E-state index contributed by atoms with van der Waals surface area (Å²) in [5.74, 6) is 0.597. The van der Waals surface area contributed by atoms with Crippen LogP contribution in [0.5, 0.6) is 0 Å². The molecule has 1 aliphatic rings. The molecule has 0 bridgehead atoms. The van der Waals surface area contributed by atoms with Crippen LogP contribution in [0.1, 0.15) is 5.69 Å². The van der Waals surface area contributed by atoms with Crippen molar-refractivity contribution in [2.45, 2.75) is 6.54 Å². The number of piperazine rings is 1. The normalized spacial score (nSPS) is 15.5. The van der Waals surface area contributed by atoms with Crippen molar-refractivity contribution in [3.63, 3.8) is 0 Å². The van der Waals surface area contributed by atoms with Crippen LogP contribution in [-0.2, 0) is 6.54 Å². The van der Waals surface area contributed by atoms with E-state index < -0.39 is 0 Å². The molecule has 0 saturated carbocycles. The fourth-order valence-electron chi connectivity index (χ4n) is 2.25. The molecule has 22 heavy (non-hydrogen) atoms. The molecule has 8 heteroatoms. The molecule has 1 saturated heterocycles. The average Bonchev–Trinajstić information content (AvgIpc) is 3.08. The van der Waals surface area contributed by atoms with Crippen molar-refractivity contribution in [1.82, 2.24) is 14.9 Å². The lowest BCUT2D eigenvalue weighted by Crippen LogP contribution is -2.51. The summed E-state index contributed by atoms with van der Waals surface area (Å²) in [6, 6.07) is 5.81. The summed E-state index contributed by atoms with van der Waals surface area (Å²) >= 11 is 1.67. The van der Waals surface area contributed by atoms with E-state index in [2.05, 4.69) is 24.8 Å². The smallest absolute Gasteiger partial charge is 0.191 e. The highest BCUT2D eigenvalue weighted by atomic mass is 127. The maximum Gasteiger partial charge on any atom is 0.191 e. The molecule has 0 aromatic carbocycles. The van der Waals surface area contributed by atoms with Crippen LogP contribution in [0.3, 0.4) is 0 Å². The van der Waals surface area contributed by atoms with Gasteiger partial charge in [-0.15, -0.1) is 35.3 Å². The maximum atomic E-state index is 6.08. The minimum atomic E-state index is 0.